The van der Waals surface area contributed by atoms with E-state index in [0.29, 0.717) is 12.5 Å². The number of rotatable bonds is 5. The van der Waals surface area contributed by atoms with E-state index < -0.39 is 0 Å². The third kappa shape index (κ3) is 4.44. The number of fused-ring (bicyclic) bond motifs is 1. The fraction of sp³-hybridized carbons (Fsp3) is 0.692. The lowest BCUT2D eigenvalue weighted by Crippen LogP contribution is -2.34. The maximum atomic E-state index is 11.3. The van der Waals surface area contributed by atoms with Gasteiger partial charge in [0.15, 0.2) is 5.13 Å². The van der Waals surface area contributed by atoms with E-state index in [0.717, 1.165) is 30.9 Å². The number of anilines is 1. The van der Waals surface area contributed by atoms with Gasteiger partial charge in [-0.3, -0.25) is 4.79 Å². The van der Waals surface area contributed by atoms with Gasteiger partial charge in [0, 0.05) is 17.3 Å². The smallest absolute Gasteiger partial charge is 0.225 e. The average molecular weight is 304 g/mol. The largest absolute Gasteiger partial charge is 0.314 e. The molecule has 19 heavy (non-hydrogen) atoms. The number of nitrogens with one attached hydrogen (secondary N) is 2. The molecule has 1 aliphatic carbocycles. The van der Waals surface area contributed by atoms with Crippen LogP contribution in [0.3, 0.4) is 0 Å². The Balaban J connectivity index is 0.00000180. The van der Waals surface area contributed by atoms with E-state index in [1.54, 1.807) is 11.3 Å². The number of amides is 1. The highest BCUT2D eigenvalue weighted by Crippen LogP contribution is 2.29. The molecule has 4 nitrogen and oxygen atoms in total. The van der Waals surface area contributed by atoms with Crippen molar-refractivity contribution >= 4 is 34.8 Å². The SMILES string of the molecule is CCCNC1CCc2nc(NC(=O)CC)sc2C1.Cl. The minimum atomic E-state index is 0. The van der Waals surface area contributed by atoms with Crippen LogP contribution in [-0.4, -0.2) is 23.5 Å². The number of hydrogen-bond donors (Lipinski definition) is 2. The molecule has 1 aromatic heterocycles. The van der Waals surface area contributed by atoms with Gasteiger partial charge in [-0.1, -0.05) is 13.8 Å². The minimum absolute atomic E-state index is 0. The third-order valence-electron chi connectivity index (χ3n) is 3.19. The van der Waals surface area contributed by atoms with E-state index in [2.05, 4.69) is 22.5 Å². The maximum absolute atomic E-state index is 11.3. The fourth-order valence-electron chi connectivity index (χ4n) is 2.16. The summed E-state index contributed by atoms with van der Waals surface area (Å²) in [4.78, 5) is 17.2. The monoisotopic (exact) mass is 303 g/mol. The number of hydrogen-bond acceptors (Lipinski definition) is 4. The summed E-state index contributed by atoms with van der Waals surface area (Å²) >= 11 is 1.63. The molecule has 1 atom stereocenters. The third-order valence-corrected chi connectivity index (χ3v) is 4.23. The number of thiazole rings is 1. The number of aryl methyl sites for hydroxylation is 1. The second kappa shape index (κ2) is 7.82. The van der Waals surface area contributed by atoms with E-state index in [1.165, 1.54) is 17.0 Å². The maximum Gasteiger partial charge on any atom is 0.225 e. The number of nitrogens with zero attached hydrogens (tertiary/aromatic N) is 1. The van der Waals surface area contributed by atoms with Gasteiger partial charge in [-0.05, 0) is 32.2 Å². The first-order chi connectivity index (χ1) is 8.72. The van der Waals surface area contributed by atoms with Gasteiger partial charge in [-0.25, -0.2) is 4.98 Å². The van der Waals surface area contributed by atoms with Gasteiger partial charge in [0.05, 0.1) is 5.69 Å². The summed E-state index contributed by atoms with van der Waals surface area (Å²) in [5, 5.41) is 7.19. The molecule has 0 saturated carbocycles. The lowest BCUT2D eigenvalue weighted by Gasteiger charge is -2.21. The average Bonchev–Trinajstić information content (AvgIpc) is 2.77. The van der Waals surface area contributed by atoms with Crippen LogP contribution >= 0.6 is 23.7 Å². The topological polar surface area (TPSA) is 54.0 Å². The highest BCUT2D eigenvalue weighted by Gasteiger charge is 2.22. The molecule has 1 aliphatic rings. The van der Waals surface area contributed by atoms with Gasteiger partial charge in [0.2, 0.25) is 5.91 Å². The standard InChI is InChI=1S/C13H21N3OS.ClH/c1-3-7-14-9-5-6-10-11(8-9)18-13(15-10)16-12(17)4-2;/h9,14H,3-8H2,1-2H3,(H,15,16,17);1H. The predicted octanol–water partition coefficient (Wildman–Crippen LogP) is 2.77. The number of halogens is 1. The Kier molecular flexibility index (Phi) is 6.75. The number of aromatic nitrogens is 1. The molecule has 108 valence electrons. The van der Waals surface area contributed by atoms with Crippen molar-refractivity contribution in [2.75, 3.05) is 11.9 Å². The second-order valence-corrected chi connectivity index (χ2v) is 5.77. The summed E-state index contributed by atoms with van der Waals surface area (Å²) < 4.78 is 0. The van der Waals surface area contributed by atoms with Crippen molar-refractivity contribution in [3.05, 3.63) is 10.6 Å². The first kappa shape index (κ1) is 16.4. The van der Waals surface area contributed by atoms with Gasteiger partial charge in [0.25, 0.3) is 0 Å². The summed E-state index contributed by atoms with van der Waals surface area (Å²) in [6.45, 7) is 5.12. The lowest BCUT2D eigenvalue weighted by atomic mass is 9.98. The summed E-state index contributed by atoms with van der Waals surface area (Å²) in [5.74, 6) is 0.0433. The van der Waals surface area contributed by atoms with Crippen LogP contribution in [0.15, 0.2) is 0 Å². The molecule has 0 spiro atoms. The zero-order valence-electron chi connectivity index (χ0n) is 11.5. The van der Waals surface area contributed by atoms with Crippen LogP contribution in [0.25, 0.3) is 0 Å². The Labute approximate surface area is 124 Å². The molecule has 0 fully saturated rings. The second-order valence-electron chi connectivity index (χ2n) is 4.68. The molecule has 0 radical (unpaired) electrons. The van der Waals surface area contributed by atoms with Crippen molar-refractivity contribution in [1.82, 2.24) is 10.3 Å². The van der Waals surface area contributed by atoms with Crippen LogP contribution in [0.1, 0.15) is 43.7 Å². The molecule has 0 aromatic carbocycles. The molecular formula is C13H22ClN3OS. The van der Waals surface area contributed by atoms with Crippen molar-refractivity contribution in [2.24, 2.45) is 0 Å². The molecular weight excluding hydrogens is 282 g/mol. The summed E-state index contributed by atoms with van der Waals surface area (Å²) in [5.41, 5.74) is 1.18. The molecule has 2 rings (SSSR count). The summed E-state index contributed by atoms with van der Waals surface area (Å²) in [6, 6.07) is 0.577. The van der Waals surface area contributed by atoms with Crippen LogP contribution in [-0.2, 0) is 17.6 Å². The molecule has 1 unspecified atom stereocenters. The molecule has 1 aromatic rings. The van der Waals surface area contributed by atoms with E-state index in [9.17, 15) is 4.79 Å². The quantitative estimate of drug-likeness (QED) is 0.879. The Bertz CT molecular complexity index is 422. The predicted molar refractivity (Wildman–Crippen MR) is 82.4 cm³/mol. The van der Waals surface area contributed by atoms with Crippen molar-refractivity contribution in [3.63, 3.8) is 0 Å². The van der Waals surface area contributed by atoms with E-state index >= 15 is 0 Å². The highest BCUT2D eigenvalue weighted by atomic mass is 35.5. The molecule has 6 heteroatoms. The molecule has 2 N–H and O–H groups in total. The first-order valence-electron chi connectivity index (χ1n) is 6.74. The lowest BCUT2D eigenvalue weighted by molar-refractivity contribution is -0.115. The molecule has 0 bridgehead atoms. The van der Waals surface area contributed by atoms with Crippen molar-refractivity contribution in [3.8, 4) is 0 Å². The van der Waals surface area contributed by atoms with E-state index in [4.69, 9.17) is 0 Å². The van der Waals surface area contributed by atoms with Crippen LogP contribution in [0.5, 0.6) is 0 Å². The summed E-state index contributed by atoms with van der Waals surface area (Å²) in [7, 11) is 0. The first-order valence-corrected chi connectivity index (χ1v) is 7.56. The Hall–Kier alpha value is -0.650. The van der Waals surface area contributed by atoms with Crippen LogP contribution < -0.4 is 10.6 Å². The summed E-state index contributed by atoms with van der Waals surface area (Å²) in [6.07, 6.45) is 4.90. The van der Waals surface area contributed by atoms with Crippen LogP contribution in [0.2, 0.25) is 0 Å². The van der Waals surface area contributed by atoms with Crippen molar-refractivity contribution in [1.29, 1.82) is 0 Å². The van der Waals surface area contributed by atoms with Crippen LogP contribution in [0, 0.1) is 0 Å². The molecule has 1 heterocycles. The van der Waals surface area contributed by atoms with Gasteiger partial charge in [-0.2, -0.15) is 0 Å². The normalized spacial score (nSPS) is 17.5. The Morgan fingerprint density at radius 2 is 2.26 bits per heavy atom. The zero-order chi connectivity index (χ0) is 13.0. The fourth-order valence-corrected chi connectivity index (χ4v) is 3.26. The van der Waals surface area contributed by atoms with Gasteiger partial charge in [0.1, 0.15) is 0 Å². The van der Waals surface area contributed by atoms with Crippen LogP contribution in [0.4, 0.5) is 5.13 Å². The van der Waals surface area contributed by atoms with Gasteiger partial charge >= 0.3 is 0 Å². The Morgan fingerprint density at radius 3 is 2.95 bits per heavy atom. The zero-order valence-corrected chi connectivity index (χ0v) is 13.1. The number of carbonyl (C=O) groups is 1. The van der Waals surface area contributed by atoms with E-state index in [-0.39, 0.29) is 18.3 Å². The minimum Gasteiger partial charge on any atom is -0.314 e. The van der Waals surface area contributed by atoms with Gasteiger partial charge in [-0.15, -0.1) is 23.7 Å². The molecule has 1 amide bonds. The number of carbonyl (C=O) groups excluding carboxylic acids is 1. The van der Waals surface area contributed by atoms with Crippen molar-refractivity contribution < 1.29 is 4.79 Å². The highest BCUT2D eigenvalue weighted by molar-refractivity contribution is 7.15. The molecule has 0 saturated heterocycles. The Morgan fingerprint density at radius 1 is 1.47 bits per heavy atom. The molecule has 0 aliphatic heterocycles. The van der Waals surface area contributed by atoms with Gasteiger partial charge < -0.3 is 10.6 Å². The van der Waals surface area contributed by atoms with E-state index in [1.807, 2.05) is 6.92 Å². The van der Waals surface area contributed by atoms with Crippen molar-refractivity contribution in [2.45, 2.75) is 52.0 Å².